The number of hydrogen-bond donors (Lipinski definition) is 2. The zero-order valence-corrected chi connectivity index (χ0v) is 13.5. The summed E-state index contributed by atoms with van der Waals surface area (Å²) in [6.45, 7) is 1.92. The first-order valence-corrected chi connectivity index (χ1v) is 8.21. The van der Waals surface area contributed by atoms with Crippen molar-refractivity contribution in [2.75, 3.05) is 10.5 Å². The normalized spacial score (nSPS) is 11.6. The second kappa shape index (κ2) is 5.45. The van der Waals surface area contributed by atoms with Gasteiger partial charge in [-0.25, -0.2) is 8.42 Å². The van der Waals surface area contributed by atoms with Gasteiger partial charge in [0.05, 0.1) is 16.3 Å². The van der Waals surface area contributed by atoms with Gasteiger partial charge in [-0.3, -0.25) is 9.40 Å². The van der Waals surface area contributed by atoms with Crippen LogP contribution in [0.5, 0.6) is 0 Å². The maximum Gasteiger partial charge on any atom is 0.262 e. The second-order valence-corrected chi connectivity index (χ2v) is 6.84. The van der Waals surface area contributed by atoms with Crippen LogP contribution in [0, 0.1) is 0 Å². The lowest BCUT2D eigenvalue weighted by Crippen LogP contribution is -2.13. The zero-order valence-electron chi connectivity index (χ0n) is 11.1. The number of nitrogens with two attached hydrogens (primary N) is 1. The Balaban J connectivity index is 2.37. The van der Waals surface area contributed by atoms with E-state index < -0.39 is 10.0 Å². The number of aryl methyl sites for hydroxylation is 2. The molecule has 8 heteroatoms. The van der Waals surface area contributed by atoms with E-state index in [9.17, 15) is 8.42 Å². The van der Waals surface area contributed by atoms with Crippen LogP contribution >= 0.6 is 15.9 Å². The highest BCUT2D eigenvalue weighted by molar-refractivity contribution is 9.10. The van der Waals surface area contributed by atoms with Gasteiger partial charge >= 0.3 is 0 Å². The van der Waals surface area contributed by atoms with Crippen LogP contribution in [0.1, 0.15) is 12.6 Å². The smallest absolute Gasteiger partial charge is 0.262 e. The first-order chi connectivity index (χ1) is 9.33. The van der Waals surface area contributed by atoms with Crippen LogP contribution in [0.15, 0.2) is 33.8 Å². The number of nitrogens with one attached hydrogen (secondary N) is 1. The van der Waals surface area contributed by atoms with Gasteiger partial charge < -0.3 is 5.73 Å². The van der Waals surface area contributed by atoms with Gasteiger partial charge in [0, 0.05) is 23.4 Å². The van der Waals surface area contributed by atoms with Gasteiger partial charge in [0.25, 0.3) is 10.0 Å². The highest BCUT2D eigenvalue weighted by Crippen LogP contribution is 2.25. The Labute approximate surface area is 126 Å². The van der Waals surface area contributed by atoms with Gasteiger partial charge in [-0.15, -0.1) is 0 Å². The third-order valence-corrected chi connectivity index (χ3v) is 4.82. The summed E-state index contributed by atoms with van der Waals surface area (Å²) in [6, 6.07) is 4.48. The number of benzene rings is 1. The minimum atomic E-state index is -3.66. The number of aromatic nitrogens is 2. The van der Waals surface area contributed by atoms with E-state index in [1.54, 1.807) is 24.0 Å². The third-order valence-electron chi connectivity index (χ3n) is 2.77. The molecular weight excluding hydrogens is 344 g/mol. The van der Waals surface area contributed by atoms with Crippen LogP contribution in [0.4, 0.5) is 11.4 Å². The molecule has 108 valence electrons. The summed E-state index contributed by atoms with van der Waals surface area (Å²) in [5, 5.41) is 4.20. The van der Waals surface area contributed by atoms with Crippen molar-refractivity contribution >= 4 is 37.3 Å². The lowest BCUT2D eigenvalue weighted by Gasteiger charge is -2.08. The Kier molecular flexibility index (Phi) is 4.05. The molecule has 0 aliphatic carbocycles. The summed E-state index contributed by atoms with van der Waals surface area (Å²) in [6.07, 6.45) is 2.28. The fourth-order valence-corrected chi connectivity index (χ4v) is 3.39. The predicted octanol–water partition coefficient (Wildman–Crippen LogP) is 2.13. The van der Waals surface area contributed by atoms with Crippen molar-refractivity contribution < 1.29 is 8.42 Å². The lowest BCUT2D eigenvalue weighted by atomic mass is 10.3. The van der Waals surface area contributed by atoms with Crippen molar-refractivity contribution in [1.82, 2.24) is 9.78 Å². The van der Waals surface area contributed by atoms with Gasteiger partial charge in [-0.2, -0.15) is 5.10 Å². The number of halogens is 1. The predicted molar refractivity (Wildman–Crippen MR) is 81.9 cm³/mol. The number of hydrogen-bond acceptors (Lipinski definition) is 4. The molecule has 0 bridgehead atoms. The van der Waals surface area contributed by atoms with E-state index in [0.717, 1.165) is 0 Å². The van der Waals surface area contributed by atoms with E-state index in [-0.39, 0.29) is 4.90 Å². The van der Waals surface area contributed by atoms with Crippen LogP contribution in [-0.4, -0.2) is 18.2 Å². The van der Waals surface area contributed by atoms with Crippen molar-refractivity contribution in [3.05, 3.63) is 34.6 Å². The Hall–Kier alpha value is -1.54. The molecule has 0 aliphatic rings. The van der Waals surface area contributed by atoms with Crippen molar-refractivity contribution in [1.29, 1.82) is 0 Å². The number of nitrogen functional groups attached to an aromatic ring is 1. The van der Waals surface area contributed by atoms with E-state index in [2.05, 4.69) is 25.8 Å². The summed E-state index contributed by atoms with van der Waals surface area (Å²) in [5.74, 6) is 0. The van der Waals surface area contributed by atoms with Crippen LogP contribution in [0.25, 0.3) is 0 Å². The van der Waals surface area contributed by atoms with Crippen LogP contribution < -0.4 is 10.5 Å². The summed E-state index contributed by atoms with van der Waals surface area (Å²) in [7, 11) is -1.91. The zero-order chi connectivity index (χ0) is 14.9. The molecule has 0 fully saturated rings. The highest BCUT2D eigenvalue weighted by Gasteiger charge is 2.18. The van der Waals surface area contributed by atoms with Gasteiger partial charge in [0.2, 0.25) is 0 Å². The summed E-state index contributed by atoms with van der Waals surface area (Å²) < 4.78 is 29.3. The molecule has 0 atom stereocenters. The van der Waals surface area contributed by atoms with Crippen LogP contribution in [0.3, 0.4) is 0 Å². The molecular formula is C12H15BrN4O2S. The molecule has 0 saturated carbocycles. The summed E-state index contributed by atoms with van der Waals surface area (Å²) in [4.78, 5) is 0.143. The second-order valence-electron chi connectivity index (χ2n) is 4.31. The topological polar surface area (TPSA) is 90.0 Å². The van der Waals surface area contributed by atoms with Gasteiger partial charge in [-0.05, 0) is 40.5 Å². The molecule has 1 heterocycles. The SMILES string of the molecule is CCc1nn(C)cc1NS(=O)(=O)c1ccc(N)c(Br)c1. The molecule has 0 radical (unpaired) electrons. The molecule has 0 unspecified atom stereocenters. The number of rotatable bonds is 4. The minimum Gasteiger partial charge on any atom is -0.398 e. The maximum atomic E-state index is 12.3. The first kappa shape index (κ1) is 14.9. The van der Waals surface area contributed by atoms with Crippen LogP contribution in [0.2, 0.25) is 0 Å². The fourth-order valence-electron chi connectivity index (χ4n) is 1.76. The summed E-state index contributed by atoms with van der Waals surface area (Å²) >= 11 is 3.22. The maximum absolute atomic E-state index is 12.3. The number of sulfonamides is 1. The van der Waals surface area contributed by atoms with E-state index in [1.165, 1.54) is 12.1 Å². The van der Waals surface area contributed by atoms with Crippen LogP contribution in [-0.2, 0) is 23.5 Å². The Morgan fingerprint density at radius 2 is 2.15 bits per heavy atom. The summed E-state index contributed by atoms with van der Waals surface area (Å²) in [5.41, 5.74) is 7.33. The standard InChI is InChI=1S/C12H15BrN4O2S/c1-3-11-12(7-17(2)15-11)16-20(18,19)8-4-5-10(14)9(13)6-8/h4-7,16H,3,14H2,1-2H3. The molecule has 0 amide bonds. The fraction of sp³-hybridized carbons (Fsp3) is 0.250. The van der Waals surface area contributed by atoms with Crippen molar-refractivity contribution in [3.63, 3.8) is 0 Å². The molecule has 6 nitrogen and oxygen atoms in total. The Morgan fingerprint density at radius 1 is 1.45 bits per heavy atom. The van der Waals surface area contributed by atoms with Gasteiger partial charge in [0.1, 0.15) is 0 Å². The molecule has 2 rings (SSSR count). The molecule has 0 saturated heterocycles. The quantitative estimate of drug-likeness (QED) is 0.819. The third kappa shape index (κ3) is 2.96. The molecule has 2 aromatic rings. The first-order valence-electron chi connectivity index (χ1n) is 5.94. The molecule has 1 aromatic heterocycles. The van der Waals surface area contributed by atoms with Crippen molar-refractivity contribution in [3.8, 4) is 0 Å². The van der Waals surface area contributed by atoms with Crippen molar-refractivity contribution in [2.24, 2.45) is 7.05 Å². The Bertz CT molecular complexity index is 740. The monoisotopic (exact) mass is 358 g/mol. The average Bonchev–Trinajstić information content (AvgIpc) is 2.72. The van der Waals surface area contributed by atoms with Gasteiger partial charge in [0.15, 0.2) is 0 Å². The van der Waals surface area contributed by atoms with Gasteiger partial charge in [-0.1, -0.05) is 6.92 Å². The van der Waals surface area contributed by atoms with Crippen molar-refractivity contribution in [2.45, 2.75) is 18.2 Å². The lowest BCUT2D eigenvalue weighted by molar-refractivity contribution is 0.601. The molecule has 1 aromatic carbocycles. The minimum absolute atomic E-state index is 0.143. The molecule has 0 aliphatic heterocycles. The van der Waals surface area contributed by atoms with E-state index in [4.69, 9.17) is 5.73 Å². The van der Waals surface area contributed by atoms with E-state index in [1.807, 2.05) is 6.92 Å². The Morgan fingerprint density at radius 3 is 2.75 bits per heavy atom. The average molecular weight is 359 g/mol. The number of nitrogens with zero attached hydrogens (tertiary/aromatic N) is 2. The van der Waals surface area contributed by atoms with E-state index in [0.29, 0.717) is 28.0 Å². The highest BCUT2D eigenvalue weighted by atomic mass is 79.9. The largest absolute Gasteiger partial charge is 0.398 e. The molecule has 0 spiro atoms. The number of anilines is 2. The molecule has 3 N–H and O–H groups in total. The molecule has 20 heavy (non-hydrogen) atoms. The van der Waals surface area contributed by atoms with E-state index >= 15 is 0 Å².